The summed E-state index contributed by atoms with van der Waals surface area (Å²) < 4.78 is 14.8. The van der Waals surface area contributed by atoms with Crippen molar-refractivity contribution >= 4 is 11.9 Å². The Labute approximate surface area is 97.7 Å². The number of rotatable bonds is 5. The third-order valence-electron chi connectivity index (χ3n) is 1.85. The Hall–Kier alpha value is -2.24. The third kappa shape index (κ3) is 4.02. The average Bonchev–Trinajstić information content (AvgIpc) is 2.27. The first-order valence-corrected chi connectivity index (χ1v) is 4.70. The fourth-order valence-electron chi connectivity index (χ4n) is 1.13. The lowest BCUT2D eigenvalue weighted by molar-refractivity contribution is -0.145. The lowest BCUT2D eigenvalue weighted by atomic mass is 10.3. The summed E-state index contributed by atoms with van der Waals surface area (Å²) in [5.74, 6) is -1.03. The van der Waals surface area contributed by atoms with Crippen LogP contribution in [-0.4, -0.2) is 31.3 Å². The summed E-state index contributed by atoms with van der Waals surface area (Å²) in [5, 5.41) is 8.41. The first-order valence-electron chi connectivity index (χ1n) is 4.70. The van der Waals surface area contributed by atoms with Gasteiger partial charge >= 0.3 is 11.9 Å². The van der Waals surface area contributed by atoms with Crippen LogP contribution in [0.1, 0.15) is 6.42 Å². The molecule has 0 aliphatic carbocycles. The Morgan fingerprint density at radius 1 is 1.06 bits per heavy atom. The van der Waals surface area contributed by atoms with Crippen molar-refractivity contribution in [3.05, 3.63) is 18.2 Å². The first kappa shape index (κ1) is 12.8. The van der Waals surface area contributed by atoms with E-state index in [9.17, 15) is 9.59 Å². The molecule has 0 amide bonds. The second-order valence-corrected chi connectivity index (χ2v) is 3.09. The molecule has 0 fully saturated rings. The van der Waals surface area contributed by atoms with Crippen molar-refractivity contribution < 1.29 is 28.9 Å². The minimum Gasteiger partial charge on any atom is -0.496 e. The smallest absolute Gasteiger partial charge is 0.322 e. The summed E-state index contributed by atoms with van der Waals surface area (Å²) >= 11 is 0. The zero-order valence-corrected chi connectivity index (χ0v) is 9.43. The van der Waals surface area contributed by atoms with E-state index in [0.717, 1.165) is 0 Å². The minimum absolute atomic E-state index is 0.174. The van der Waals surface area contributed by atoms with Crippen LogP contribution in [0.5, 0.6) is 17.2 Å². The number of hydrogen-bond acceptors (Lipinski definition) is 5. The molecule has 0 radical (unpaired) electrons. The molecule has 0 heterocycles. The predicted octanol–water partition coefficient (Wildman–Crippen LogP) is 1.08. The summed E-state index contributed by atoms with van der Waals surface area (Å²) in [7, 11) is 2.91. The van der Waals surface area contributed by atoms with Crippen LogP contribution in [0.2, 0.25) is 0 Å². The zero-order valence-electron chi connectivity index (χ0n) is 9.43. The number of esters is 1. The molecule has 0 aromatic heterocycles. The molecular formula is C11H12O6. The zero-order chi connectivity index (χ0) is 12.8. The summed E-state index contributed by atoms with van der Waals surface area (Å²) in [5.41, 5.74) is 0. The normalized spacial score (nSPS) is 9.53. The van der Waals surface area contributed by atoms with Crippen molar-refractivity contribution in [1.29, 1.82) is 0 Å². The van der Waals surface area contributed by atoms with Crippen molar-refractivity contribution in [3.8, 4) is 17.2 Å². The molecule has 92 valence electrons. The molecule has 17 heavy (non-hydrogen) atoms. The fraction of sp³-hybridized carbons (Fsp3) is 0.273. The van der Waals surface area contributed by atoms with Crippen molar-refractivity contribution in [2.75, 3.05) is 14.2 Å². The van der Waals surface area contributed by atoms with E-state index in [1.165, 1.54) is 26.4 Å². The largest absolute Gasteiger partial charge is 0.496 e. The maximum Gasteiger partial charge on any atom is 0.322 e. The number of benzene rings is 1. The predicted molar refractivity (Wildman–Crippen MR) is 57.4 cm³/mol. The van der Waals surface area contributed by atoms with E-state index in [1.54, 1.807) is 6.07 Å². The van der Waals surface area contributed by atoms with Gasteiger partial charge in [0.1, 0.15) is 23.7 Å². The number of carbonyl (C=O) groups excluding carboxylic acids is 1. The quantitative estimate of drug-likeness (QED) is 0.471. The lowest BCUT2D eigenvalue weighted by Crippen LogP contribution is -2.13. The first-order chi connectivity index (χ1) is 8.05. The molecule has 0 atom stereocenters. The van der Waals surface area contributed by atoms with Crippen molar-refractivity contribution in [2.45, 2.75) is 6.42 Å². The number of aliphatic carboxylic acids is 1. The molecule has 0 saturated heterocycles. The molecule has 1 aromatic carbocycles. The number of hydrogen-bond donors (Lipinski definition) is 1. The Kier molecular flexibility index (Phi) is 4.33. The van der Waals surface area contributed by atoms with E-state index in [2.05, 4.69) is 0 Å². The van der Waals surface area contributed by atoms with Crippen LogP contribution in [0, 0.1) is 0 Å². The molecule has 1 N–H and O–H groups in total. The number of methoxy groups -OCH3 is 2. The second kappa shape index (κ2) is 5.74. The van der Waals surface area contributed by atoms with Crippen molar-refractivity contribution in [3.63, 3.8) is 0 Å². The van der Waals surface area contributed by atoms with Crippen LogP contribution in [0.15, 0.2) is 18.2 Å². The Bertz CT molecular complexity index is 404. The topological polar surface area (TPSA) is 82.1 Å². The van der Waals surface area contributed by atoms with Gasteiger partial charge in [-0.05, 0) is 0 Å². The third-order valence-corrected chi connectivity index (χ3v) is 1.85. The van der Waals surface area contributed by atoms with Crippen LogP contribution < -0.4 is 14.2 Å². The minimum atomic E-state index is -1.25. The Morgan fingerprint density at radius 2 is 1.53 bits per heavy atom. The van der Waals surface area contributed by atoms with Gasteiger partial charge < -0.3 is 19.3 Å². The Balaban J connectivity index is 2.82. The Morgan fingerprint density at radius 3 is 1.94 bits per heavy atom. The van der Waals surface area contributed by atoms with Crippen LogP contribution in [0.3, 0.4) is 0 Å². The van der Waals surface area contributed by atoms with Gasteiger partial charge in [0.15, 0.2) is 0 Å². The highest BCUT2D eigenvalue weighted by Crippen LogP contribution is 2.27. The van der Waals surface area contributed by atoms with Gasteiger partial charge in [-0.15, -0.1) is 0 Å². The van der Waals surface area contributed by atoms with Crippen LogP contribution in [-0.2, 0) is 9.59 Å². The average molecular weight is 240 g/mol. The highest BCUT2D eigenvalue weighted by molar-refractivity contribution is 5.91. The molecule has 0 aliphatic heterocycles. The second-order valence-electron chi connectivity index (χ2n) is 3.09. The van der Waals surface area contributed by atoms with Gasteiger partial charge in [0.25, 0.3) is 0 Å². The van der Waals surface area contributed by atoms with Gasteiger partial charge in [-0.2, -0.15) is 0 Å². The highest BCUT2D eigenvalue weighted by Gasteiger charge is 2.11. The van der Waals surface area contributed by atoms with Gasteiger partial charge in [-0.25, -0.2) is 0 Å². The van der Waals surface area contributed by atoms with E-state index in [4.69, 9.17) is 19.3 Å². The number of ether oxygens (including phenoxy) is 3. The van der Waals surface area contributed by atoms with Crippen LogP contribution >= 0.6 is 0 Å². The van der Waals surface area contributed by atoms with E-state index < -0.39 is 18.4 Å². The van der Waals surface area contributed by atoms with E-state index in [0.29, 0.717) is 11.5 Å². The SMILES string of the molecule is COc1cc(OC)cc(OC(=O)CC(=O)O)c1. The monoisotopic (exact) mass is 240 g/mol. The standard InChI is InChI=1S/C11H12O6/c1-15-7-3-8(16-2)5-9(4-7)17-11(14)6-10(12)13/h3-5H,6H2,1-2H3,(H,12,13). The van der Waals surface area contributed by atoms with Crippen LogP contribution in [0.4, 0.5) is 0 Å². The van der Waals surface area contributed by atoms with Crippen molar-refractivity contribution in [1.82, 2.24) is 0 Å². The van der Waals surface area contributed by atoms with E-state index >= 15 is 0 Å². The van der Waals surface area contributed by atoms with Gasteiger partial charge in [-0.1, -0.05) is 0 Å². The number of carbonyl (C=O) groups is 2. The molecule has 6 heteroatoms. The lowest BCUT2D eigenvalue weighted by Gasteiger charge is -2.08. The molecule has 0 spiro atoms. The molecule has 0 aliphatic rings. The summed E-state index contributed by atoms with van der Waals surface area (Å²) in [6.07, 6.45) is -0.695. The maximum atomic E-state index is 11.1. The maximum absolute atomic E-state index is 11.1. The highest BCUT2D eigenvalue weighted by atomic mass is 16.5. The van der Waals surface area contributed by atoms with Gasteiger partial charge in [0, 0.05) is 18.2 Å². The summed E-state index contributed by atoms with van der Waals surface area (Å²) in [4.78, 5) is 21.4. The summed E-state index contributed by atoms with van der Waals surface area (Å²) in [6.45, 7) is 0. The van der Waals surface area contributed by atoms with E-state index in [-0.39, 0.29) is 5.75 Å². The molecule has 1 rings (SSSR count). The molecule has 6 nitrogen and oxygen atoms in total. The molecule has 0 unspecified atom stereocenters. The molecular weight excluding hydrogens is 228 g/mol. The van der Waals surface area contributed by atoms with Gasteiger partial charge in [0.05, 0.1) is 14.2 Å². The fourth-order valence-corrected chi connectivity index (χ4v) is 1.13. The molecule has 0 bridgehead atoms. The van der Waals surface area contributed by atoms with E-state index in [1.807, 2.05) is 0 Å². The van der Waals surface area contributed by atoms with Gasteiger partial charge in [-0.3, -0.25) is 9.59 Å². The van der Waals surface area contributed by atoms with Gasteiger partial charge in [0.2, 0.25) is 0 Å². The van der Waals surface area contributed by atoms with Crippen molar-refractivity contribution in [2.24, 2.45) is 0 Å². The summed E-state index contributed by atoms with van der Waals surface area (Å²) in [6, 6.07) is 4.53. The molecule has 0 saturated carbocycles. The number of carboxylic acids is 1. The number of carboxylic acid groups (broad SMARTS) is 1. The molecule has 1 aromatic rings. The van der Waals surface area contributed by atoms with Crippen LogP contribution in [0.25, 0.3) is 0 Å².